The van der Waals surface area contributed by atoms with Gasteiger partial charge in [0, 0.05) is 12.8 Å². The van der Waals surface area contributed by atoms with Gasteiger partial charge >= 0.3 is 0 Å². The van der Waals surface area contributed by atoms with Gasteiger partial charge in [0.05, 0.1) is 0 Å². The Bertz CT molecular complexity index is 252. The fourth-order valence-electron chi connectivity index (χ4n) is 2.68. The van der Waals surface area contributed by atoms with E-state index in [0.29, 0.717) is 11.2 Å². The first-order chi connectivity index (χ1) is 6.21. The fraction of sp³-hybridized carbons (Fsp3) is 0.750. The number of allylic oxidation sites excluding steroid dienone is 2. The minimum Gasteiger partial charge on any atom is -0.300 e. The molecule has 1 fully saturated rings. The van der Waals surface area contributed by atoms with Gasteiger partial charge in [0.1, 0.15) is 5.78 Å². The molecule has 0 heterocycles. The lowest BCUT2D eigenvalue weighted by Crippen LogP contribution is -2.21. The first-order valence-electron chi connectivity index (χ1n) is 5.42. The topological polar surface area (TPSA) is 17.1 Å². The molecule has 0 aromatic rings. The van der Waals surface area contributed by atoms with Crippen LogP contribution in [0.15, 0.2) is 11.6 Å². The molecule has 0 radical (unpaired) electrons. The Morgan fingerprint density at radius 2 is 2.08 bits per heavy atom. The first-order valence-corrected chi connectivity index (χ1v) is 5.42. The van der Waals surface area contributed by atoms with Gasteiger partial charge in [0.25, 0.3) is 0 Å². The van der Waals surface area contributed by atoms with E-state index in [1.54, 1.807) is 5.57 Å². The third-order valence-corrected chi connectivity index (χ3v) is 3.73. The summed E-state index contributed by atoms with van der Waals surface area (Å²) < 4.78 is 0. The summed E-state index contributed by atoms with van der Waals surface area (Å²) in [5, 5.41) is 0. The highest BCUT2D eigenvalue weighted by Crippen LogP contribution is 2.45. The zero-order valence-corrected chi connectivity index (χ0v) is 8.44. The van der Waals surface area contributed by atoms with Gasteiger partial charge in [-0.1, -0.05) is 18.6 Å². The van der Waals surface area contributed by atoms with Gasteiger partial charge in [-0.3, -0.25) is 4.79 Å². The second kappa shape index (κ2) is 3.28. The Labute approximate surface area is 80.2 Å². The Balaban J connectivity index is 2.23. The van der Waals surface area contributed by atoms with Crippen LogP contribution in [-0.2, 0) is 4.79 Å². The van der Waals surface area contributed by atoms with Crippen LogP contribution in [-0.4, -0.2) is 5.78 Å². The van der Waals surface area contributed by atoms with Crippen molar-refractivity contribution in [2.45, 2.75) is 51.9 Å². The molecular weight excluding hydrogens is 160 g/mol. The van der Waals surface area contributed by atoms with Crippen LogP contribution >= 0.6 is 0 Å². The molecular formula is C12H18O. The van der Waals surface area contributed by atoms with E-state index in [0.717, 1.165) is 25.7 Å². The third kappa shape index (κ3) is 1.70. The van der Waals surface area contributed by atoms with Gasteiger partial charge in [-0.25, -0.2) is 0 Å². The van der Waals surface area contributed by atoms with Crippen molar-refractivity contribution < 1.29 is 4.79 Å². The Kier molecular flexibility index (Phi) is 2.27. The van der Waals surface area contributed by atoms with Crippen molar-refractivity contribution >= 4 is 5.78 Å². The van der Waals surface area contributed by atoms with Gasteiger partial charge in [-0.05, 0) is 37.5 Å². The molecule has 2 aliphatic carbocycles. The van der Waals surface area contributed by atoms with Crippen LogP contribution in [0.3, 0.4) is 0 Å². The maximum absolute atomic E-state index is 11.3. The number of Topliss-reactive ketones (excluding diaryl/α,β-unsaturated/α-hetero) is 1. The summed E-state index contributed by atoms with van der Waals surface area (Å²) >= 11 is 0. The summed E-state index contributed by atoms with van der Waals surface area (Å²) in [6.45, 7) is 2.34. The second-order valence-corrected chi connectivity index (χ2v) is 4.72. The number of ketones is 1. The lowest BCUT2D eigenvalue weighted by atomic mass is 9.71. The van der Waals surface area contributed by atoms with Crippen LogP contribution in [0.2, 0.25) is 0 Å². The van der Waals surface area contributed by atoms with Crippen LogP contribution in [0.5, 0.6) is 0 Å². The highest BCUT2D eigenvalue weighted by atomic mass is 16.1. The number of carbonyl (C=O) groups excluding carboxylic acids is 1. The average molecular weight is 178 g/mol. The molecule has 1 saturated carbocycles. The molecule has 0 N–H and O–H groups in total. The average Bonchev–Trinajstić information content (AvgIpc) is 2.27. The molecule has 0 saturated heterocycles. The Hall–Kier alpha value is -0.590. The minimum atomic E-state index is 0.379. The van der Waals surface area contributed by atoms with Gasteiger partial charge in [-0.15, -0.1) is 0 Å². The van der Waals surface area contributed by atoms with Crippen molar-refractivity contribution in [3.05, 3.63) is 11.6 Å². The molecule has 1 nitrogen and oxygen atoms in total. The number of rotatable bonds is 0. The van der Waals surface area contributed by atoms with E-state index in [9.17, 15) is 4.79 Å². The largest absolute Gasteiger partial charge is 0.300 e. The number of hydrogen-bond donors (Lipinski definition) is 0. The van der Waals surface area contributed by atoms with Crippen molar-refractivity contribution in [2.75, 3.05) is 0 Å². The number of hydrogen-bond acceptors (Lipinski definition) is 1. The molecule has 2 rings (SSSR count). The maximum Gasteiger partial charge on any atom is 0.133 e. The van der Waals surface area contributed by atoms with Crippen molar-refractivity contribution in [2.24, 2.45) is 5.41 Å². The molecule has 0 aromatic heterocycles. The molecule has 0 aliphatic heterocycles. The van der Waals surface area contributed by atoms with Gasteiger partial charge in [0.2, 0.25) is 0 Å². The van der Waals surface area contributed by atoms with Crippen LogP contribution in [0.4, 0.5) is 0 Å². The predicted octanol–water partition coefficient (Wildman–Crippen LogP) is 3.25. The zero-order valence-electron chi connectivity index (χ0n) is 8.44. The van der Waals surface area contributed by atoms with E-state index < -0.39 is 0 Å². The van der Waals surface area contributed by atoms with Gasteiger partial charge < -0.3 is 0 Å². The van der Waals surface area contributed by atoms with E-state index in [-0.39, 0.29) is 0 Å². The summed E-state index contributed by atoms with van der Waals surface area (Å²) in [5.74, 6) is 0.469. The summed E-state index contributed by atoms with van der Waals surface area (Å²) in [4.78, 5) is 11.3. The van der Waals surface area contributed by atoms with Crippen LogP contribution in [0, 0.1) is 5.41 Å². The van der Waals surface area contributed by atoms with Crippen molar-refractivity contribution in [3.8, 4) is 0 Å². The molecule has 72 valence electrons. The monoisotopic (exact) mass is 178 g/mol. The second-order valence-electron chi connectivity index (χ2n) is 4.72. The molecule has 1 atom stereocenters. The smallest absolute Gasteiger partial charge is 0.133 e. The van der Waals surface area contributed by atoms with E-state index in [1.807, 2.05) is 0 Å². The standard InChI is InChI=1S/C12H18O/c1-12-8-3-2-4-10(12)5-6-11(13)7-9-12/h4H,2-3,5-9H2,1H3. The van der Waals surface area contributed by atoms with E-state index in [1.165, 1.54) is 19.3 Å². The molecule has 2 aliphatic rings. The summed E-state index contributed by atoms with van der Waals surface area (Å²) in [5.41, 5.74) is 1.95. The highest BCUT2D eigenvalue weighted by Gasteiger charge is 2.33. The van der Waals surface area contributed by atoms with Crippen LogP contribution in [0.1, 0.15) is 51.9 Å². The molecule has 1 heteroatoms. The number of fused-ring (bicyclic) bond motifs is 1. The molecule has 0 amide bonds. The maximum atomic E-state index is 11.3. The van der Waals surface area contributed by atoms with Crippen LogP contribution < -0.4 is 0 Å². The number of carbonyl (C=O) groups is 1. The summed E-state index contributed by atoms with van der Waals surface area (Å²) in [7, 11) is 0. The predicted molar refractivity (Wildman–Crippen MR) is 53.5 cm³/mol. The van der Waals surface area contributed by atoms with Gasteiger partial charge in [-0.2, -0.15) is 0 Å². The lowest BCUT2D eigenvalue weighted by Gasteiger charge is -2.34. The van der Waals surface area contributed by atoms with Crippen molar-refractivity contribution in [1.82, 2.24) is 0 Å². The SMILES string of the molecule is CC12CCCC=C1CCC(=O)CC2. The fourth-order valence-corrected chi connectivity index (χ4v) is 2.68. The van der Waals surface area contributed by atoms with Crippen molar-refractivity contribution in [3.63, 3.8) is 0 Å². The molecule has 0 bridgehead atoms. The van der Waals surface area contributed by atoms with Crippen LogP contribution in [0.25, 0.3) is 0 Å². The summed E-state index contributed by atoms with van der Waals surface area (Å²) in [6, 6.07) is 0. The molecule has 0 spiro atoms. The third-order valence-electron chi connectivity index (χ3n) is 3.73. The van der Waals surface area contributed by atoms with Gasteiger partial charge in [0.15, 0.2) is 0 Å². The molecule has 1 unspecified atom stereocenters. The van der Waals surface area contributed by atoms with E-state index >= 15 is 0 Å². The van der Waals surface area contributed by atoms with E-state index in [4.69, 9.17) is 0 Å². The highest BCUT2D eigenvalue weighted by molar-refractivity contribution is 5.79. The summed E-state index contributed by atoms with van der Waals surface area (Å²) in [6.07, 6.45) is 9.98. The molecule has 0 aromatic carbocycles. The first kappa shape index (κ1) is 8.98. The minimum absolute atomic E-state index is 0.379. The Morgan fingerprint density at radius 3 is 2.92 bits per heavy atom. The normalized spacial score (nSPS) is 34.8. The molecule has 13 heavy (non-hydrogen) atoms. The van der Waals surface area contributed by atoms with E-state index in [2.05, 4.69) is 13.0 Å². The lowest BCUT2D eigenvalue weighted by molar-refractivity contribution is -0.119. The quantitative estimate of drug-likeness (QED) is 0.520. The Morgan fingerprint density at radius 1 is 1.23 bits per heavy atom. The van der Waals surface area contributed by atoms with Crippen molar-refractivity contribution in [1.29, 1.82) is 0 Å². The zero-order chi connectivity index (χ0) is 9.31.